The molecule has 2 nitrogen and oxygen atoms in total. The summed E-state index contributed by atoms with van der Waals surface area (Å²) >= 11 is 0. The highest BCUT2D eigenvalue weighted by molar-refractivity contribution is 5.32. The van der Waals surface area contributed by atoms with E-state index in [1.54, 1.807) is 0 Å². The molecule has 0 aliphatic heterocycles. The van der Waals surface area contributed by atoms with Crippen molar-refractivity contribution in [1.82, 2.24) is 0 Å². The van der Waals surface area contributed by atoms with Gasteiger partial charge in [0.25, 0.3) is 0 Å². The molecule has 0 aromatic carbocycles. The van der Waals surface area contributed by atoms with E-state index in [0.29, 0.717) is 11.8 Å². The lowest BCUT2D eigenvalue weighted by molar-refractivity contribution is 0.124. The first-order valence-electron chi connectivity index (χ1n) is 6.95. The van der Waals surface area contributed by atoms with Crippen molar-refractivity contribution in [2.24, 2.45) is 23.5 Å². The third-order valence-corrected chi connectivity index (χ3v) is 4.18. The monoisotopic (exact) mass is 235 g/mol. The SMILES string of the molecule is CC=C(OCC1CCC1)C(=CC)C1CC1CN. The van der Waals surface area contributed by atoms with Crippen LogP contribution in [-0.2, 0) is 4.74 Å². The molecule has 0 bridgehead atoms. The Kier molecular flexibility index (Phi) is 4.27. The average Bonchev–Trinajstić information content (AvgIpc) is 3.05. The predicted octanol–water partition coefficient (Wildman–Crippen LogP) is 3.25. The maximum Gasteiger partial charge on any atom is 0.118 e. The van der Waals surface area contributed by atoms with Gasteiger partial charge >= 0.3 is 0 Å². The van der Waals surface area contributed by atoms with Gasteiger partial charge in [0.1, 0.15) is 5.76 Å². The average molecular weight is 235 g/mol. The van der Waals surface area contributed by atoms with Gasteiger partial charge in [-0.15, -0.1) is 0 Å². The van der Waals surface area contributed by atoms with Gasteiger partial charge in [-0.05, 0) is 69.1 Å². The van der Waals surface area contributed by atoms with Gasteiger partial charge in [-0.3, -0.25) is 0 Å². The van der Waals surface area contributed by atoms with Crippen molar-refractivity contribution < 1.29 is 4.74 Å². The minimum Gasteiger partial charge on any atom is -0.493 e. The van der Waals surface area contributed by atoms with Crippen molar-refractivity contribution in [3.63, 3.8) is 0 Å². The summed E-state index contributed by atoms with van der Waals surface area (Å²) in [7, 11) is 0. The van der Waals surface area contributed by atoms with E-state index in [2.05, 4.69) is 26.0 Å². The van der Waals surface area contributed by atoms with Crippen molar-refractivity contribution in [3.8, 4) is 0 Å². The number of nitrogens with two attached hydrogens (primary N) is 1. The maximum absolute atomic E-state index is 5.99. The third-order valence-electron chi connectivity index (χ3n) is 4.18. The molecule has 2 saturated carbocycles. The van der Waals surface area contributed by atoms with E-state index in [9.17, 15) is 0 Å². The lowest BCUT2D eigenvalue weighted by atomic mass is 9.86. The summed E-state index contributed by atoms with van der Waals surface area (Å²) in [6, 6.07) is 0. The number of hydrogen-bond acceptors (Lipinski definition) is 2. The van der Waals surface area contributed by atoms with E-state index in [1.807, 2.05) is 0 Å². The number of hydrogen-bond donors (Lipinski definition) is 1. The Balaban J connectivity index is 1.87. The fourth-order valence-electron chi connectivity index (χ4n) is 2.63. The van der Waals surface area contributed by atoms with Crippen LogP contribution in [0.15, 0.2) is 23.5 Å². The molecular formula is C15H25NO. The predicted molar refractivity (Wildman–Crippen MR) is 71.5 cm³/mol. The lowest BCUT2D eigenvalue weighted by Crippen LogP contribution is -2.18. The molecule has 0 radical (unpaired) electrons. The highest BCUT2D eigenvalue weighted by atomic mass is 16.5. The van der Waals surface area contributed by atoms with Crippen LogP contribution < -0.4 is 5.73 Å². The molecule has 2 fully saturated rings. The summed E-state index contributed by atoms with van der Waals surface area (Å²) in [6.07, 6.45) is 9.62. The molecule has 0 saturated heterocycles. The minimum atomic E-state index is 0.651. The minimum absolute atomic E-state index is 0.651. The second-order valence-electron chi connectivity index (χ2n) is 5.34. The topological polar surface area (TPSA) is 35.2 Å². The summed E-state index contributed by atoms with van der Waals surface area (Å²) in [5.41, 5.74) is 7.10. The zero-order valence-electron chi connectivity index (χ0n) is 11.1. The first kappa shape index (κ1) is 12.7. The Bertz CT molecular complexity index is 315. The standard InChI is InChI=1S/C15H25NO/c1-3-13(14-8-12(14)9-16)15(4-2)17-10-11-6-5-7-11/h3-4,11-12,14H,5-10,16H2,1-2H3. The molecule has 96 valence electrons. The highest BCUT2D eigenvalue weighted by Gasteiger charge is 2.39. The second-order valence-corrected chi connectivity index (χ2v) is 5.34. The summed E-state index contributed by atoms with van der Waals surface area (Å²) in [5.74, 6) is 3.23. The van der Waals surface area contributed by atoms with Gasteiger partial charge in [0, 0.05) is 0 Å². The lowest BCUT2D eigenvalue weighted by Gasteiger charge is -2.26. The van der Waals surface area contributed by atoms with Crippen molar-refractivity contribution in [2.75, 3.05) is 13.2 Å². The molecule has 0 aromatic heterocycles. The molecule has 2 atom stereocenters. The molecular weight excluding hydrogens is 210 g/mol. The van der Waals surface area contributed by atoms with Crippen LogP contribution >= 0.6 is 0 Å². The van der Waals surface area contributed by atoms with E-state index >= 15 is 0 Å². The van der Waals surface area contributed by atoms with Crippen molar-refractivity contribution >= 4 is 0 Å². The summed E-state index contributed by atoms with van der Waals surface area (Å²) < 4.78 is 5.99. The van der Waals surface area contributed by atoms with Crippen LogP contribution in [0.25, 0.3) is 0 Å². The van der Waals surface area contributed by atoms with Crippen LogP contribution in [0.5, 0.6) is 0 Å². The van der Waals surface area contributed by atoms with Crippen LogP contribution in [0, 0.1) is 17.8 Å². The van der Waals surface area contributed by atoms with Gasteiger partial charge in [0.2, 0.25) is 0 Å². The third kappa shape index (κ3) is 2.92. The van der Waals surface area contributed by atoms with Crippen LogP contribution in [0.1, 0.15) is 39.5 Å². The Morgan fingerprint density at radius 1 is 1.29 bits per heavy atom. The Morgan fingerprint density at radius 2 is 2.06 bits per heavy atom. The van der Waals surface area contributed by atoms with Gasteiger partial charge in [-0.2, -0.15) is 0 Å². The Morgan fingerprint density at radius 3 is 2.47 bits per heavy atom. The maximum atomic E-state index is 5.99. The van der Waals surface area contributed by atoms with Gasteiger partial charge in [-0.25, -0.2) is 0 Å². The normalized spacial score (nSPS) is 30.1. The first-order chi connectivity index (χ1) is 8.30. The fourth-order valence-corrected chi connectivity index (χ4v) is 2.63. The number of allylic oxidation sites excluding steroid dienone is 3. The van der Waals surface area contributed by atoms with E-state index in [4.69, 9.17) is 10.5 Å². The Labute approximate surface area is 105 Å². The summed E-state index contributed by atoms with van der Waals surface area (Å²) in [4.78, 5) is 0. The van der Waals surface area contributed by atoms with Crippen molar-refractivity contribution in [3.05, 3.63) is 23.5 Å². The fraction of sp³-hybridized carbons (Fsp3) is 0.733. The number of rotatable bonds is 6. The van der Waals surface area contributed by atoms with Crippen LogP contribution in [0.4, 0.5) is 0 Å². The molecule has 2 unspecified atom stereocenters. The smallest absolute Gasteiger partial charge is 0.118 e. The molecule has 17 heavy (non-hydrogen) atoms. The van der Waals surface area contributed by atoms with Gasteiger partial charge in [0.15, 0.2) is 0 Å². The molecule has 0 spiro atoms. The quantitative estimate of drug-likeness (QED) is 0.566. The molecule has 2 aliphatic rings. The van der Waals surface area contributed by atoms with Crippen molar-refractivity contribution in [1.29, 1.82) is 0 Å². The molecule has 0 amide bonds. The van der Waals surface area contributed by atoms with Crippen LogP contribution in [0.2, 0.25) is 0 Å². The van der Waals surface area contributed by atoms with E-state index in [-0.39, 0.29) is 0 Å². The molecule has 2 N–H and O–H groups in total. The largest absolute Gasteiger partial charge is 0.493 e. The van der Waals surface area contributed by atoms with Crippen molar-refractivity contribution in [2.45, 2.75) is 39.5 Å². The zero-order chi connectivity index (χ0) is 12.3. The first-order valence-corrected chi connectivity index (χ1v) is 6.95. The summed E-state index contributed by atoms with van der Waals surface area (Å²) in [6.45, 7) is 5.88. The molecule has 2 rings (SSSR count). The molecule has 2 aliphatic carbocycles. The molecule has 0 heterocycles. The van der Waals surface area contributed by atoms with E-state index in [1.165, 1.54) is 31.3 Å². The molecule has 2 heteroatoms. The van der Waals surface area contributed by atoms with Crippen LogP contribution in [-0.4, -0.2) is 13.2 Å². The Hall–Kier alpha value is -0.760. The van der Waals surface area contributed by atoms with Crippen LogP contribution in [0.3, 0.4) is 0 Å². The van der Waals surface area contributed by atoms with E-state index in [0.717, 1.165) is 24.8 Å². The van der Waals surface area contributed by atoms with Gasteiger partial charge < -0.3 is 10.5 Å². The highest BCUT2D eigenvalue weighted by Crippen LogP contribution is 2.46. The zero-order valence-corrected chi connectivity index (χ0v) is 11.1. The number of ether oxygens (including phenoxy) is 1. The summed E-state index contributed by atoms with van der Waals surface area (Å²) in [5, 5.41) is 0. The van der Waals surface area contributed by atoms with E-state index < -0.39 is 0 Å². The van der Waals surface area contributed by atoms with Gasteiger partial charge in [-0.1, -0.05) is 12.5 Å². The molecule has 0 aromatic rings. The van der Waals surface area contributed by atoms with Gasteiger partial charge in [0.05, 0.1) is 6.61 Å². The second kappa shape index (κ2) is 5.72.